The summed E-state index contributed by atoms with van der Waals surface area (Å²) in [5.74, 6) is -2.12. The van der Waals surface area contributed by atoms with Crippen LogP contribution >= 0.6 is 0 Å². The fourth-order valence-electron chi connectivity index (χ4n) is 0.792. The highest BCUT2D eigenvalue weighted by atomic mass is 16.7. The lowest BCUT2D eigenvalue weighted by Crippen LogP contribution is -2.15. The highest BCUT2D eigenvalue weighted by Crippen LogP contribution is 2.13. The summed E-state index contributed by atoms with van der Waals surface area (Å²) in [5.41, 5.74) is 0.0972. The van der Waals surface area contributed by atoms with Gasteiger partial charge in [-0.15, -0.1) is 0 Å². The van der Waals surface area contributed by atoms with Crippen molar-refractivity contribution in [3.8, 4) is 0 Å². The Labute approximate surface area is 68.6 Å². The first-order valence-electron chi connectivity index (χ1n) is 3.31. The number of carboxylic acids is 1. The first-order chi connectivity index (χ1) is 5.63. The molecule has 12 heavy (non-hydrogen) atoms. The molecule has 5 nitrogen and oxygen atoms in total. The number of carboxylic acid groups (broad SMARTS) is 1. The van der Waals surface area contributed by atoms with Gasteiger partial charge >= 0.3 is 5.97 Å². The predicted octanol–water partition coefficient (Wildman–Crippen LogP) is -0.0816. The molecule has 1 heterocycles. The van der Waals surface area contributed by atoms with E-state index in [1.807, 2.05) is 0 Å². The molecular weight excluding hydrogens is 164 g/mol. The molecule has 0 saturated carbocycles. The molecular formula is C7H8O5. The van der Waals surface area contributed by atoms with Crippen LogP contribution < -0.4 is 0 Å². The van der Waals surface area contributed by atoms with Crippen LogP contribution in [0.4, 0.5) is 0 Å². The number of carbonyl (C=O) groups excluding carboxylic acids is 1. The van der Waals surface area contributed by atoms with Crippen molar-refractivity contribution in [2.75, 3.05) is 13.4 Å². The summed E-state index contributed by atoms with van der Waals surface area (Å²) in [6.45, 7) is 1.66. The van der Waals surface area contributed by atoms with Crippen LogP contribution in [0.1, 0.15) is 6.92 Å². The van der Waals surface area contributed by atoms with Crippen molar-refractivity contribution in [2.24, 2.45) is 0 Å². The Morgan fingerprint density at radius 1 is 1.50 bits per heavy atom. The molecule has 0 unspecified atom stereocenters. The minimum Gasteiger partial charge on any atom is -0.475 e. The summed E-state index contributed by atoms with van der Waals surface area (Å²) in [6.07, 6.45) is 0. The fourth-order valence-corrected chi connectivity index (χ4v) is 0.792. The van der Waals surface area contributed by atoms with Gasteiger partial charge in [0, 0.05) is 5.57 Å². The summed E-state index contributed by atoms with van der Waals surface area (Å²) in [4.78, 5) is 21.1. The van der Waals surface area contributed by atoms with Crippen LogP contribution in [0, 0.1) is 0 Å². The third kappa shape index (κ3) is 1.62. The number of hydrogen-bond acceptors (Lipinski definition) is 4. The third-order valence-electron chi connectivity index (χ3n) is 1.50. The van der Waals surface area contributed by atoms with Crippen LogP contribution in [0.3, 0.4) is 0 Å². The molecule has 0 atom stereocenters. The second-order valence-corrected chi connectivity index (χ2v) is 2.29. The molecule has 1 saturated heterocycles. The number of Topliss-reactive ketones (excluding diaryl/α,β-unsaturated/α-hetero) is 1. The highest BCUT2D eigenvalue weighted by Gasteiger charge is 2.21. The Kier molecular flexibility index (Phi) is 2.44. The van der Waals surface area contributed by atoms with E-state index < -0.39 is 11.8 Å². The lowest BCUT2D eigenvalue weighted by molar-refractivity contribution is -0.147. The number of rotatable bonds is 2. The van der Waals surface area contributed by atoms with E-state index >= 15 is 0 Å². The van der Waals surface area contributed by atoms with E-state index in [2.05, 4.69) is 0 Å². The second-order valence-electron chi connectivity index (χ2n) is 2.29. The van der Waals surface area contributed by atoms with E-state index in [-0.39, 0.29) is 19.0 Å². The van der Waals surface area contributed by atoms with Gasteiger partial charge in [-0.05, 0) is 6.92 Å². The first kappa shape index (κ1) is 8.73. The standard InChI is InChI=1S/C7H8O5/c1-4(6(8)7(9)10)5-2-11-3-12-5/h2-3H2,1H3,(H,9,10). The second kappa shape index (κ2) is 3.36. The van der Waals surface area contributed by atoms with Gasteiger partial charge in [0.15, 0.2) is 6.79 Å². The van der Waals surface area contributed by atoms with E-state index in [9.17, 15) is 9.59 Å². The van der Waals surface area contributed by atoms with Gasteiger partial charge in [0.25, 0.3) is 5.78 Å². The molecule has 1 aliphatic heterocycles. The van der Waals surface area contributed by atoms with Gasteiger partial charge in [-0.2, -0.15) is 0 Å². The fraction of sp³-hybridized carbons (Fsp3) is 0.429. The van der Waals surface area contributed by atoms with Crippen LogP contribution in [-0.4, -0.2) is 30.3 Å². The molecule has 0 aromatic rings. The lowest BCUT2D eigenvalue weighted by Gasteiger charge is -1.99. The largest absolute Gasteiger partial charge is 0.475 e. The van der Waals surface area contributed by atoms with Crippen LogP contribution in [0.15, 0.2) is 11.3 Å². The van der Waals surface area contributed by atoms with E-state index in [0.717, 1.165) is 0 Å². The average Bonchev–Trinajstić information content (AvgIpc) is 2.53. The number of carbonyl (C=O) groups is 2. The van der Waals surface area contributed by atoms with Crippen molar-refractivity contribution in [3.05, 3.63) is 11.3 Å². The van der Waals surface area contributed by atoms with Gasteiger partial charge in [0.1, 0.15) is 12.4 Å². The predicted molar refractivity (Wildman–Crippen MR) is 37.2 cm³/mol. The lowest BCUT2D eigenvalue weighted by atomic mass is 10.2. The summed E-state index contributed by atoms with van der Waals surface area (Å²) >= 11 is 0. The van der Waals surface area contributed by atoms with E-state index in [1.54, 1.807) is 0 Å². The third-order valence-corrected chi connectivity index (χ3v) is 1.50. The van der Waals surface area contributed by atoms with Gasteiger partial charge in [0.2, 0.25) is 0 Å². The topological polar surface area (TPSA) is 72.8 Å². The molecule has 1 N–H and O–H groups in total. The minimum atomic E-state index is -1.48. The summed E-state index contributed by atoms with van der Waals surface area (Å²) in [7, 11) is 0. The van der Waals surface area contributed by atoms with Crippen molar-refractivity contribution in [3.63, 3.8) is 0 Å². The quantitative estimate of drug-likeness (QED) is 0.465. The van der Waals surface area contributed by atoms with E-state index in [4.69, 9.17) is 14.6 Å². The Morgan fingerprint density at radius 3 is 2.58 bits per heavy atom. The van der Waals surface area contributed by atoms with Crippen molar-refractivity contribution < 1.29 is 24.2 Å². The summed E-state index contributed by atoms with van der Waals surface area (Å²) in [5, 5.41) is 8.33. The summed E-state index contributed by atoms with van der Waals surface area (Å²) < 4.78 is 9.64. The Morgan fingerprint density at radius 2 is 2.17 bits per heavy atom. The molecule has 0 radical (unpaired) electrons. The minimum absolute atomic E-state index is 0.0829. The van der Waals surface area contributed by atoms with E-state index in [0.29, 0.717) is 5.76 Å². The number of aliphatic carboxylic acids is 1. The zero-order valence-corrected chi connectivity index (χ0v) is 6.49. The van der Waals surface area contributed by atoms with Gasteiger partial charge in [0.05, 0.1) is 0 Å². The number of ketones is 1. The van der Waals surface area contributed by atoms with Crippen molar-refractivity contribution >= 4 is 11.8 Å². The maximum atomic E-state index is 10.8. The maximum absolute atomic E-state index is 10.8. The number of hydrogen-bond donors (Lipinski definition) is 1. The Bertz CT molecular complexity index is 245. The molecule has 0 aromatic carbocycles. The average molecular weight is 172 g/mol. The zero-order valence-electron chi connectivity index (χ0n) is 6.49. The molecule has 0 aromatic heterocycles. The van der Waals surface area contributed by atoms with Crippen LogP contribution in [0.5, 0.6) is 0 Å². The molecule has 1 rings (SSSR count). The van der Waals surface area contributed by atoms with Gasteiger partial charge in [-0.3, -0.25) is 4.79 Å². The van der Waals surface area contributed by atoms with Crippen LogP contribution in [0.2, 0.25) is 0 Å². The Balaban J connectivity index is 2.80. The zero-order chi connectivity index (χ0) is 9.14. The molecule has 0 bridgehead atoms. The van der Waals surface area contributed by atoms with E-state index in [1.165, 1.54) is 6.92 Å². The molecule has 66 valence electrons. The first-order valence-corrected chi connectivity index (χ1v) is 3.31. The van der Waals surface area contributed by atoms with Gasteiger partial charge in [-0.25, -0.2) is 4.79 Å². The van der Waals surface area contributed by atoms with Crippen LogP contribution in [0.25, 0.3) is 0 Å². The SMILES string of the molecule is CC(C(=O)C(=O)O)=C1COCO1. The molecule has 0 aliphatic carbocycles. The number of ether oxygens (including phenoxy) is 2. The van der Waals surface area contributed by atoms with Crippen LogP contribution in [-0.2, 0) is 19.1 Å². The molecule has 1 aliphatic rings. The van der Waals surface area contributed by atoms with Crippen molar-refractivity contribution in [1.29, 1.82) is 0 Å². The van der Waals surface area contributed by atoms with Gasteiger partial charge in [-0.1, -0.05) is 0 Å². The van der Waals surface area contributed by atoms with Crippen molar-refractivity contribution in [2.45, 2.75) is 6.92 Å². The van der Waals surface area contributed by atoms with Crippen molar-refractivity contribution in [1.82, 2.24) is 0 Å². The molecule has 0 amide bonds. The summed E-state index contributed by atoms with van der Waals surface area (Å²) in [6, 6.07) is 0. The Hall–Kier alpha value is -1.36. The monoisotopic (exact) mass is 172 g/mol. The normalized spacial score (nSPS) is 20.1. The molecule has 5 heteroatoms. The highest BCUT2D eigenvalue weighted by molar-refractivity contribution is 6.39. The van der Waals surface area contributed by atoms with Gasteiger partial charge < -0.3 is 14.6 Å². The molecule has 1 fully saturated rings. The smallest absolute Gasteiger partial charge is 0.377 e. The maximum Gasteiger partial charge on any atom is 0.377 e. The molecule has 0 spiro atoms.